The van der Waals surface area contributed by atoms with Crippen LogP contribution in [-0.4, -0.2) is 41.2 Å². The van der Waals surface area contributed by atoms with Crippen LogP contribution in [0.1, 0.15) is 60.9 Å². The zero-order valence-electron chi connectivity index (χ0n) is 21.3. The molecule has 5 nitrogen and oxygen atoms in total. The maximum Gasteiger partial charge on any atom is 0.254 e. The third kappa shape index (κ3) is 8.43. The number of aryl methyl sites for hydroxylation is 1. The van der Waals surface area contributed by atoms with Crippen LogP contribution in [0.2, 0.25) is 0 Å². The molecule has 0 spiro atoms. The minimum absolute atomic E-state index is 0.0457. The van der Waals surface area contributed by atoms with Gasteiger partial charge < -0.3 is 14.2 Å². The van der Waals surface area contributed by atoms with Crippen LogP contribution in [0.15, 0.2) is 77.4 Å². The molecule has 0 saturated carbocycles. The summed E-state index contributed by atoms with van der Waals surface area (Å²) in [6.07, 6.45) is 5.65. The SMILES string of the molecule is CCCCc1ccc(C(=O)N(CC(=O)N(CCc2ccccc2)Cc2ccco2)CC(C)C)cc1. The summed E-state index contributed by atoms with van der Waals surface area (Å²) in [5, 5.41) is 0. The van der Waals surface area contributed by atoms with E-state index in [0.717, 1.165) is 31.4 Å². The quantitative estimate of drug-likeness (QED) is 0.306. The monoisotopic (exact) mass is 474 g/mol. The Hall–Kier alpha value is -3.34. The van der Waals surface area contributed by atoms with Gasteiger partial charge in [-0.25, -0.2) is 0 Å². The molecule has 3 rings (SSSR count). The van der Waals surface area contributed by atoms with Gasteiger partial charge in [-0.2, -0.15) is 0 Å². The Kier molecular flexibility index (Phi) is 10.1. The third-order valence-corrected chi connectivity index (χ3v) is 6.01. The Morgan fingerprint density at radius 2 is 1.57 bits per heavy atom. The van der Waals surface area contributed by atoms with E-state index in [0.29, 0.717) is 25.2 Å². The summed E-state index contributed by atoms with van der Waals surface area (Å²) in [6, 6.07) is 21.7. The predicted molar refractivity (Wildman–Crippen MR) is 140 cm³/mol. The van der Waals surface area contributed by atoms with Crippen molar-refractivity contribution in [3.63, 3.8) is 0 Å². The summed E-state index contributed by atoms with van der Waals surface area (Å²) in [4.78, 5) is 30.4. The minimum Gasteiger partial charge on any atom is -0.467 e. The molecule has 35 heavy (non-hydrogen) atoms. The van der Waals surface area contributed by atoms with E-state index in [4.69, 9.17) is 4.42 Å². The van der Waals surface area contributed by atoms with E-state index in [9.17, 15) is 9.59 Å². The summed E-state index contributed by atoms with van der Waals surface area (Å²) in [7, 11) is 0. The van der Waals surface area contributed by atoms with Gasteiger partial charge in [0.1, 0.15) is 12.3 Å². The highest BCUT2D eigenvalue weighted by Gasteiger charge is 2.24. The van der Waals surface area contributed by atoms with Gasteiger partial charge >= 0.3 is 0 Å². The molecule has 0 aliphatic carbocycles. The van der Waals surface area contributed by atoms with E-state index < -0.39 is 0 Å². The van der Waals surface area contributed by atoms with Gasteiger partial charge in [0.2, 0.25) is 5.91 Å². The number of nitrogens with zero attached hydrogens (tertiary/aromatic N) is 2. The Morgan fingerprint density at radius 1 is 0.857 bits per heavy atom. The Balaban J connectivity index is 1.72. The van der Waals surface area contributed by atoms with Crippen molar-refractivity contribution in [2.45, 2.75) is 53.0 Å². The standard InChI is InChI=1S/C30H38N2O3/c1-4-5-10-26-14-16-27(17-15-26)30(34)32(21-24(2)3)23-29(33)31(22-28-13-9-20-35-28)19-18-25-11-7-6-8-12-25/h6-9,11-17,20,24H,4-5,10,18-19,21-23H2,1-3H3. The van der Waals surface area contributed by atoms with Crippen LogP contribution in [0.5, 0.6) is 0 Å². The zero-order valence-corrected chi connectivity index (χ0v) is 21.3. The maximum atomic E-state index is 13.5. The Labute approximate surface area is 209 Å². The van der Waals surface area contributed by atoms with Crippen molar-refractivity contribution in [2.75, 3.05) is 19.6 Å². The second-order valence-electron chi connectivity index (χ2n) is 9.51. The molecule has 1 aromatic heterocycles. The number of rotatable bonds is 13. The lowest BCUT2D eigenvalue weighted by molar-refractivity contribution is -0.132. The van der Waals surface area contributed by atoms with E-state index in [2.05, 4.69) is 32.9 Å². The zero-order chi connectivity index (χ0) is 25.0. The van der Waals surface area contributed by atoms with E-state index in [1.165, 1.54) is 11.1 Å². The van der Waals surface area contributed by atoms with Gasteiger partial charge in [0, 0.05) is 18.7 Å². The molecule has 0 aliphatic heterocycles. The van der Waals surface area contributed by atoms with Gasteiger partial charge in [-0.15, -0.1) is 0 Å². The van der Waals surface area contributed by atoms with Crippen molar-refractivity contribution >= 4 is 11.8 Å². The largest absolute Gasteiger partial charge is 0.467 e. The Morgan fingerprint density at radius 3 is 2.20 bits per heavy atom. The number of benzene rings is 2. The van der Waals surface area contributed by atoms with Crippen LogP contribution in [0.25, 0.3) is 0 Å². The molecule has 2 aromatic carbocycles. The van der Waals surface area contributed by atoms with Crippen LogP contribution < -0.4 is 0 Å². The molecule has 3 aromatic rings. The fourth-order valence-corrected chi connectivity index (χ4v) is 4.09. The highest BCUT2D eigenvalue weighted by atomic mass is 16.3. The third-order valence-electron chi connectivity index (χ3n) is 6.01. The Bertz CT molecular complexity index is 1030. The van der Waals surface area contributed by atoms with E-state index >= 15 is 0 Å². The van der Waals surface area contributed by atoms with Gasteiger partial charge in [0.25, 0.3) is 5.91 Å². The van der Waals surface area contributed by atoms with E-state index in [-0.39, 0.29) is 24.3 Å². The molecular formula is C30H38N2O3. The van der Waals surface area contributed by atoms with Crippen molar-refractivity contribution in [3.05, 3.63) is 95.4 Å². The second kappa shape index (κ2) is 13.5. The number of amides is 2. The van der Waals surface area contributed by atoms with Gasteiger partial charge in [-0.3, -0.25) is 9.59 Å². The van der Waals surface area contributed by atoms with Crippen molar-refractivity contribution in [3.8, 4) is 0 Å². The van der Waals surface area contributed by atoms with Crippen LogP contribution in [0.4, 0.5) is 0 Å². The number of furan rings is 1. The number of carbonyl (C=O) groups is 2. The average Bonchev–Trinajstić information content (AvgIpc) is 3.38. The highest BCUT2D eigenvalue weighted by molar-refractivity contribution is 5.96. The fourth-order valence-electron chi connectivity index (χ4n) is 4.09. The van der Waals surface area contributed by atoms with Gasteiger partial charge in [-0.1, -0.05) is 69.7 Å². The summed E-state index contributed by atoms with van der Waals surface area (Å²) >= 11 is 0. The molecule has 0 bridgehead atoms. The molecule has 0 N–H and O–H groups in total. The first-order valence-electron chi connectivity index (χ1n) is 12.7. The minimum atomic E-state index is -0.102. The van der Waals surface area contributed by atoms with Crippen LogP contribution in [0, 0.1) is 5.92 Å². The lowest BCUT2D eigenvalue weighted by Crippen LogP contribution is -2.44. The average molecular weight is 475 g/mol. The molecule has 1 heterocycles. The number of unbranched alkanes of at least 4 members (excludes halogenated alkanes) is 1. The molecule has 0 unspecified atom stereocenters. The van der Waals surface area contributed by atoms with Gasteiger partial charge in [0.15, 0.2) is 0 Å². The first kappa shape index (κ1) is 26.3. The van der Waals surface area contributed by atoms with Crippen molar-refractivity contribution < 1.29 is 14.0 Å². The summed E-state index contributed by atoms with van der Waals surface area (Å²) in [5.74, 6) is 0.801. The topological polar surface area (TPSA) is 53.8 Å². The van der Waals surface area contributed by atoms with Crippen molar-refractivity contribution in [1.82, 2.24) is 9.80 Å². The number of hydrogen-bond acceptors (Lipinski definition) is 3. The summed E-state index contributed by atoms with van der Waals surface area (Å²) in [6.45, 7) is 7.81. The first-order valence-corrected chi connectivity index (χ1v) is 12.7. The number of carbonyl (C=O) groups excluding carboxylic acids is 2. The van der Waals surface area contributed by atoms with Gasteiger partial charge in [-0.05, 0) is 60.6 Å². The molecule has 186 valence electrons. The van der Waals surface area contributed by atoms with Crippen molar-refractivity contribution in [2.24, 2.45) is 5.92 Å². The molecule has 2 amide bonds. The number of hydrogen-bond donors (Lipinski definition) is 0. The molecule has 0 atom stereocenters. The molecule has 0 aliphatic rings. The predicted octanol–water partition coefficient (Wildman–Crippen LogP) is 5.99. The summed E-state index contributed by atoms with van der Waals surface area (Å²) < 4.78 is 5.52. The lowest BCUT2D eigenvalue weighted by atomic mass is 10.1. The van der Waals surface area contributed by atoms with Crippen LogP contribution in [0.3, 0.4) is 0 Å². The van der Waals surface area contributed by atoms with E-state index in [1.54, 1.807) is 16.1 Å². The van der Waals surface area contributed by atoms with Crippen molar-refractivity contribution in [1.29, 1.82) is 0 Å². The summed E-state index contributed by atoms with van der Waals surface area (Å²) in [5.41, 5.74) is 3.03. The normalized spacial score (nSPS) is 11.0. The smallest absolute Gasteiger partial charge is 0.254 e. The molecule has 0 fully saturated rings. The lowest BCUT2D eigenvalue weighted by Gasteiger charge is -2.28. The molecular weight excluding hydrogens is 436 g/mol. The first-order chi connectivity index (χ1) is 17.0. The fraction of sp³-hybridized carbons (Fsp3) is 0.400. The van der Waals surface area contributed by atoms with Crippen LogP contribution >= 0.6 is 0 Å². The van der Waals surface area contributed by atoms with Crippen LogP contribution in [-0.2, 0) is 24.2 Å². The second-order valence-corrected chi connectivity index (χ2v) is 9.51. The molecule has 0 saturated heterocycles. The highest BCUT2D eigenvalue weighted by Crippen LogP contribution is 2.14. The maximum absolute atomic E-state index is 13.5. The molecule has 5 heteroatoms. The van der Waals surface area contributed by atoms with Gasteiger partial charge in [0.05, 0.1) is 12.8 Å². The molecule has 0 radical (unpaired) electrons. The van der Waals surface area contributed by atoms with E-state index in [1.807, 2.05) is 54.6 Å².